The Kier molecular flexibility index (Phi) is 5.64. The maximum absolute atomic E-state index is 6.11. The van der Waals surface area contributed by atoms with Gasteiger partial charge in [0.25, 0.3) is 0 Å². The summed E-state index contributed by atoms with van der Waals surface area (Å²) in [6.45, 7) is 5.85. The van der Waals surface area contributed by atoms with Crippen molar-refractivity contribution in [1.82, 2.24) is 10.2 Å². The fourth-order valence-electron chi connectivity index (χ4n) is 2.61. The summed E-state index contributed by atoms with van der Waals surface area (Å²) in [6.07, 6.45) is 1.33. The second-order valence-electron chi connectivity index (χ2n) is 5.09. The number of likely N-dealkylation sites (N-methyl/N-ethyl adjacent to an activating group) is 1. The zero-order chi connectivity index (χ0) is 13.7. The van der Waals surface area contributed by atoms with Gasteiger partial charge in [-0.25, -0.2) is 0 Å². The molecule has 1 fully saturated rings. The number of nitrogens with one attached hydrogen (secondary N) is 1. The van der Waals surface area contributed by atoms with Gasteiger partial charge in [-0.1, -0.05) is 30.7 Å². The van der Waals surface area contributed by atoms with Gasteiger partial charge in [-0.2, -0.15) is 0 Å². The number of hydrogen-bond acceptors (Lipinski definition) is 3. The van der Waals surface area contributed by atoms with E-state index in [9.17, 15) is 0 Å². The Hall–Kier alpha value is -0.610. The molecule has 1 heterocycles. The van der Waals surface area contributed by atoms with Gasteiger partial charge >= 0.3 is 0 Å². The maximum Gasteiger partial charge on any atom is 0.0896 e. The first-order valence-corrected chi connectivity index (χ1v) is 7.38. The number of halogens is 1. The minimum absolute atomic E-state index is 0.184. The van der Waals surface area contributed by atoms with E-state index in [1.807, 2.05) is 18.2 Å². The van der Waals surface area contributed by atoms with Gasteiger partial charge in [0.1, 0.15) is 0 Å². The molecule has 1 aliphatic heterocycles. The molecule has 2 unspecified atom stereocenters. The van der Waals surface area contributed by atoms with Crippen molar-refractivity contribution in [2.24, 2.45) is 0 Å². The molecule has 0 bridgehead atoms. The summed E-state index contributed by atoms with van der Waals surface area (Å²) in [5.41, 5.74) is 1.23. The third kappa shape index (κ3) is 3.93. The fourth-order valence-corrected chi connectivity index (χ4v) is 2.81. The molecule has 1 saturated heterocycles. The molecule has 1 N–H and O–H groups in total. The average Bonchev–Trinajstić information content (AvgIpc) is 2.39. The summed E-state index contributed by atoms with van der Waals surface area (Å²) in [5, 5.41) is 4.24. The second kappa shape index (κ2) is 7.25. The van der Waals surface area contributed by atoms with E-state index in [1.54, 1.807) is 0 Å². The minimum atomic E-state index is 0.184. The van der Waals surface area contributed by atoms with Crippen LogP contribution >= 0.6 is 11.6 Å². The average molecular weight is 283 g/mol. The zero-order valence-corrected chi connectivity index (χ0v) is 12.5. The smallest absolute Gasteiger partial charge is 0.0896 e. The third-order valence-corrected chi connectivity index (χ3v) is 3.80. The predicted molar refractivity (Wildman–Crippen MR) is 79.7 cm³/mol. The van der Waals surface area contributed by atoms with E-state index in [1.165, 1.54) is 5.56 Å². The predicted octanol–water partition coefficient (Wildman–Crippen LogP) is 2.71. The highest BCUT2D eigenvalue weighted by Gasteiger charge is 2.31. The molecule has 106 valence electrons. The second-order valence-corrected chi connectivity index (χ2v) is 5.53. The van der Waals surface area contributed by atoms with Crippen LogP contribution in [0.25, 0.3) is 0 Å². The highest BCUT2D eigenvalue weighted by molar-refractivity contribution is 6.30. The van der Waals surface area contributed by atoms with Gasteiger partial charge in [0.05, 0.1) is 18.8 Å². The van der Waals surface area contributed by atoms with Crippen LogP contribution in [-0.2, 0) is 4.74 Å². The number of nitrogens with zero attached hydrogens (tertiary/aromatic N) is 1. The monoisotopic (exact) mass is 282 g/mol. The van der Waals surface area contributed by atoms with Gasteiger partial charge < -0.3 is 10.1 Å². The van der Waals surface area contributed by atoms with Crippen molar-refractivity contribution in [3.8, 4) is 0 Å². The van der Waals surface area contributed by atoms with Crippen LogP contribution in [0.3, 0.4) is 0 Å². The fraction of sp³-hybridized carbons (Fsp3) is 0.600. The minimum Gasteiger partial charge on any atom is -0.374 e. The molecule has 2 atom stereocenters. The highest BCUT2D eigenvalue weighted by Crippen LogP contribution is 2.29. The normalized spacial score (nSPS) is 24.6. The number of benzene rings is 1. The molecule has 0 spiro atoms. The summed E-state index contributed by atoms with van der Waals surface area (Å²) in [4.78, 5) is 2.35. The van der Waals surface area contributed by atoms with Gasteiger partial charge in [0, 0.05) is 18.1 Å². The molecule has 0 aliphatic carbocycles. The van der Waals surface area contributed by atoms with Crippen LogP contribution in [0.2, 0.25) is 5.02 Å². The molecule has 1 aliphatic rings. The largest absolute Gasteiger partial charge is 0.374 e. The molecule has 0 aromatic heterocycles. The molecule has 4 heteroatoms. The molecule has 0 radical (unpaired) electrons. The van der Waals surface area contributed by atoms with Gasteiger partial charge in [-0.15, -0.1) is 0 Å². The van der Waals surface area contributed by atoms with Gasteiger partial charge in [0.15, 0.2) is 0 Å². The highest BCUT2D eigenvalue weighted by atomic mass is 35.5. The molecule has 19 heavy (non-hydrogen) atoms. The molecular weight excluding hydrogens is 260 g/mol. The molecule has 0 saturated carbocycles. The van der Waals surface area contributed by atoms with Crippen molar-refractivity contribution in [3.63, 3.8) is 0 Å². The van der Waals surface area contributed by atoms with Crippen molar-refractivity contribution < 1.29 is 4.74 Å². The lowest BCUT2D eigenvalue weighted by Crippen LogP contribution is -2.47. The van der Waals surface area contributed by atoms with Crippen molar-refractivity contribution in [2.45, 2.75) is 25.5 Å². The number of rotatable bonds is 5. The Balaban J connectivity index is 2.11. The Morgan fingerprint density at radius 3 is 3.05 bits per heavy atom. The van der Waals surface area contributed by atoms with Crippen LogP contribution in [0.1, 0.15) is 24.9 Å². The lowest BCUT2D eigenvalue weighted by atomic mass is 9.98. The molecule has 0 amide bonds. The summed E-state index contributed by atoms with van der Waals surface area (Å²) >= 11 is 6.11. The number of ether oxygens (including phenoxy) is 1. The van der Waals surface area contributed by atoms with E-state index in [0.717, 1.165) is 37.7 Å². The lowest BCUT2D eigenvalue weighted by molar-refractivity contribution is -0.0612. The van der Waals surface area contributed by atoms with E-state index >= 15 is 0 Å². The van der Waals surface area contributed by atoms with E-state index < -0.39 is 0 Å². The van der Waals surface area contributed by atoms with E-state index in [4.69, 9.17) is 16.3 Å². The van der Waals surface area contributed by atoms with E-state index in [0.29, 0.717) is 0 Å². The van der Waals surface area contributed by atoms with Gasteiger partial charge in [-0.3, -0.25) is 4.90 Å². The van der Waals surface area contributed by atoms with Crippen molar-refractivity contribution >= 4 is 11.6 Å². The molecule has 1 aromatic rings. The van der Waals surface area contributed by atoms with E-state index in [2.05, 4.69) is 30.3 Å². The standard InChI is InChI=1S/C15H23ClN2O/c1-3-7-17-11-14-15(18(2)8-9-19-14)12-5-4-6-13(16)10-12/h4-6,10,14-15,17H,3,7-9,11H2,1-2H3. The first-order chi connectivity index (χ1) is 9.22. The van der Waals surface area contributed by atoms with Crippen LogP contribution in [0.15, 0.2) is 24.3 Å². The Morgan fingerprint density at radius 1 is 1.47 bits per heavy atom. The SMILES string of the molecule is CCCNCC1OCCN(C)C1c1cccc(Cl)c1. The molecular formula is C15H23ClN2O. The Morgan fingerprint density at radius 2 is 2.32 bits per heavy atom. The van der Waals surface area contributed by atoms with E-state index in [-0.39, 0.29) is 12.1 Å². The quantitative estimate of drug-likeness (QED) is 0.841. The molecule has 3 nitrogen and oxygen atoms in total. The summed E-state index contributed by atoms with van der Waals surface area (Å²) in [6, 6.07) is 8.38. The van der Waals surface area contributed by atoms with Crippen LogP contribution in [0, 0.1) is 0 Å². The first-order valence-electron chi connectivity index (χ1n) is 7.00. The maximum atomic E-state index is 6.11. The Bertz CT molecular complexity index is 399. The van der Waals surface area contributed by atoms with Crippen LogP contribution in [0.5, 0.6) is 0 Å². The van der Waals surface area contributed by atoms with Crippen LogP contribution in [-0.4, -0.2) is 44.3 Å². The van der Waals surface area contributed by atoms with Crippen LogP contribution in [0.4, 0.5) is 0 Å². The van der Waals surface area contributed by atoms with Crippen molar-refractivity contribution in [3.05, 3.63) is 34.9 Å². The topological polar surface area (TPSA) is 24.5 Å². The lowest BCUT2D eigenvalue weighted by Gasteiger charge is -2.39. The number of morpholine rings is 1. The van der Waals surface area contributed by atoms with Gasteiger partial charge in [-0.05, 0) is 37.7 Å². The molecule has 1 aromatic carbocycles. The van der Waals surface area contributed by atoms with Crippen molar-refractivity contribution in [2.75, 3.05) is 33.3 Å². The third-order valence-electron chi connectivity index (χ3n) is 3.57. The zero-order valence-electron chi connectivity index (χ0n) is 11.7. The number of hydrogen-bond donors (Lipinski definition) is 1. The Labute approximate surface area is 120 Å². The van der Waals surface area contributed by atoms with Gasteiger partial charge in [0.2, 0.25) is 0 Å². The summed E-state index contributed by atoms with van der Waals surface area (Å²) in [5.74, 6) is 0. The first kappa shape index (κ1) is 14.8. The van der Waals surface area contributed by atoms with Crippen molar-refractivity contribution in [1.29, 1.82) is 0 Å². The summed E-state index contributed by atoms with van der Waals surface area (Å²) in [7, 11) is 2.15. The molecule has 2 rings (SSSR count). The van der Waals surface area contributed by atoms with Crippen LogP contribution < -0.4 is 5.32 Å². The summed E-state index contributed by atoms with van der Waals surface area (Å²) < 4.78 is 5.95.